The van der Waals surface area contributed by atoms with E-state index >= 15 is 0 Å². The maximum Gasteiger partial charge on any atom is 0.190 e. The van der Waals surface area contributed by atoms with Crippen molar-refractivity contribution in [1.29, 1.82) is 0 Å². The molecule has 4 heteroatoms. The van der Waals surface area contributed by atoms with Gasteiger partial charge in [-0.2, -0.15) is 0 Å². The van der Waals surface area contributed by atoms with Gasteiger partial charge in [0.1, 0.15) is 0 Å². The molecule has 0 amide bonds. The van der Waals surface area contributed by atoms with Crippen LogP contribution in [0, 0.1) is 6.92 Å². The average Bonchev–Trinajstić information content (AvgIpc) is 2.82. The van der Waals surface area contributed by atoms with Crippen molar-refractivity contribution in [3.05, 3.63) is 40.4 Å². The van der Waals surface area contributed by atoms with Crippen molar-refractivity contribution >= 4 is 22.2 Å². The number of thiazole rings is 1. The molecule has 108 valence electrons. The van der Waals surface area contributed by atoms with E-state index in [9.17, 15) is 5.11 Å². The molecule has 0 radical (unpaired) electrons. The van der Waals surface area contributed by atoms with E-state index in [0.717, 1.165) is 21.4 Å². The molecule has 0 aliphatic rings. The van der Waals surface area contributed by atoms with Gasteiger partial charge in [-0.25, -0.2) is 4.98 Å². The zero-order chi connectivity index (χ0) is 14.9. The first-order valence-corrected chi connectivity index (χ1v) is 7.56. The number of aliphatic hydroxyl groups is 1. The fraction of sp³-hybridized carbons (Fsp3) is 0.438. The predicted molar refractivity (Wildman–Crippen MR) is 86.0 cm³/mol. The first kappa shape index (κ1) is 15.0. The third kappa shape index (κ3) is 3.02. The molecule has 0 spiro atoms. The van der Waals surface area contributed by atoms with Gasteiger partial charge < -0.3 is 10.0 Å². The average molecular weight is 290 g/mol. The Morgan fingerprint density at radius 2 is 2.00 bits per heavy atom. The van der Waals surface area contributed by atoms with Crippen molar-refractivity contribution in [3.63, 3.8) is 0 Å². The maximum atomic E-state index is 9.54. The molecule has 0 unspecified atom stereocenters. The molecule has 0 saturated heterocycles. The number of hydrogen-bond donors (Lipinski definition) is 1. The highest BCUT2D eigenvalue weighted by molar-refractivity contribution is 7.15. The van der Waals surface area contributed by atoms with Gasteiger partial charge in [-0.15, -0.1) is 0 Å². The Kier molecular flexibility index (Phi) is 4.16. The number of benzene rings is 1. The molecule has 1 heterocycles. The molecule has 0 atom stereocenters. The van der Waals surface area contributed by atoms with Gasteiger partial charge in [-0.05, 0) is 24.6 Å². The largest absolute Gasteiger partial charge is 0.391 e. The summed E-state index contributed by atoms with van der Waals surface area (Å²) in [4.78, 5) is 7.77. The molecule has 0 fully saturated rings. The van der Waals surface area contributed by atoms with Crippen molar-refractivity contribution < 1.29 is 5.11 Å². The molecule has 1 aromatic carbocycles. The lowest BCUT2D eigenvalue weighted by molar-refractivity contribution is 0.282. The van der Waals surface area contributed by atoms with E-state index in [4.69, 9.17) is 4.98 Å². The third-order valence-electron chi connectivity index (χ3n) is 3.22. The van der Waals surface area contributed by atoms with Gasteiger partial charge in [0.2, 0.25) is 0 Å². The van der Waals surface area contributed by atoms with E-state index in [1.54, 1.807) is 11.3 Å². The van der Waals surface area contributed by atoms with Gasteiger partial charge in [-0.1, -0.05) is 44.2 Å². The number of anilines is 2. The van der Waals surface area contributed by atoms with Crippen LogP contribution in [0.1, 0.15) is 36.9 Å². The van der Waals surface area contributed by atoms with Crippen LogP contribution in [0.25, 0.3) is 0 Å². The van der Waals surface area contributed by atoms with Crippen LogP contribution in [-0.4, -0.2) is 17.1 Å². The Hall–Kier alpha value is -1.39. The highest BCUT2D eigenvalue weighted by Gasteiger charge is 2.24. The summed E-state index contributed by atoms with van der Waals surface area (Å²) < 4.78 is 0. The monoisotopic (exact) mass is 290 g/mol. The zero-order valence-corrected chi connectivity index (χ0v) is 13.6. The van der Waals surface area contributed by atoms with E-state index in [0.29, 0.717) is 0 Å². The third-order valence-corrected chi connectivity index (χ3v) is 4.33. The molecule has 0 saturated carbocycles. The second-order valence-corrected chi connectivity index (χ2v) is 7.14. The molecule has 2 rings (SSSR count). The fourth-order valence-electron chi connectivity index (χ4n) is 2.12. The zero-order valence-electron chi connectivity index (χ0n) is 12.8. The Morgan fingerprint density at radius 1 is 1.30 bits per heavy atom. The number of aliphatic hydroxyl groups excluding tert-OH is 1. The topological polar surface area (TPSA) is 36.4 Å². The first-order valence-electron chi connectivity index (χ1n) is 6.74. The molecule has 3 nitrogen and oxygen atoms in total. The first-order chi connectivity index (χ1) is 9.32. The van der Waals surface area contributed by atoms with E-state index in [1.807, 2.05) is 13.1 Å². The van der Waals surface area contributed by atoms with Crippen LogP contribution in [0.4, 0.5) is 10.8 Å². The second-order valence-electron chi connectivity index (χ2n) is 6.07. The highest BCUT2D eigenvalue weighted by Crippen LogP contribution is 2.36. The normalized spacial score (nSPS) is 11.7. The maximum absolute atomic E-state index is 9.54. The van der Waals surface area contributed by atoms with E-state index in [-0.39, 0.29) is 12.0 Å². The van der Waals surface area contributed by atoms with Crippen molar-refractivity contribution in [3.8, 4) is 0 Å². The van der Waals surface area contributed by atoms with Gasteiger partial charge in [0, 0.05) is 18.2 Å². The quantitative estimate of drug-likeness (QED) is 0.928. The van der Waals surface area contributed by atoms with Gasteiger partial charge in [0.25, 0.3) is 0 Å². The highest BCUT2D eigenvalue weighted by atomic mass is 32.1. The molecule has 0 aliphatic heterocycles. The fourth-order valence-corrected chi connectivity index (χ4v) is 3.24. The molecule has 2 aromatic rings. The van der Waals surface area contributed by atoms with Crippen molar-refractivity contribution in [2.24, 2.45) is 0 Å². The smallest absolute Gasteiger partial charge is 0.190 e. The number of rotatable bonds is 3. The number of hydrogen-bond acceptors (Lipinski definition) is 4. The van der Waals surface area contributed by atoms with Crippen LogP contribution in [0.3, 0.4) is 0 Å². The van der Waals surface area contributed by atoms with Crippen LogP contribution >= 0.6 is 11.3 Å². The van der Waals surface area contributed by atoms with Gasteiger partial charge in [0.05, 0.1) is 17.2 Å². The van der Waals surface area contributed by atoms with Crippen LogP contribution in [0.15, 0.2) is 24.3 Å². The summed E-state index contributed by atoms with van der Waals surface area (Å²) in [5.41, 5.74) is 3.27. The Bertz CT molecular complexity index is 599. The Labute approximate surface area is 124 Å². The lowest BCUT2D eigenvalue weighted by Gasteiger charge is -2.18. The van der Waals surface area contributed by atoms with E-state index in [2.05, 4.69) is 50.8 Å². The molecular formula is C16H22N2OS. The Morgan fingerprint density at radius 3 is 2.50 bits per heavy atom. The minimum atomic E-state index is -0.0553. The minimum Gasteiger partial charge on any atom is -0.391 e. The van der Waals surface area contributed by atoms with Crippen molar-refractivity contribution in [2.45, 2.75) is 39.7 Å². The molecular weight excluding hydrogens is 268 g/mol. The molecule has 1 N–H and O–H groups in total. The number of aromatic nitrogens is 1. The molecule has 0 aliphatic carbocycles. The molecule has 20 heavy (non-hydrogen) atoms. The molecule has 0 bridgehead atoms. The van der Waals surface area contributed by atoms with Gasteiger partial charge in [-0.3, -0.25) is 0 Å². The summed E-state index contributed by atoms with van der Waals surface area (Å²) in [7, 11) is 2.02. The summed E-state index contributed by atoms with van der Waals surface area (Å²) in [6.45, 7) is 8.50. The van der Waals surface area contributed by atoms with Gasteiger partial charge >= 0.3 is 0 Å². The van der Waals surface area contributed by atoms with E-state index < -0.39 is 0 Å². The van der Waals surface area contributed by atoms with Crippen molar-refractivity contribution in [2.75, 3.05) is 11.9 Å². The SMILES string of the molecule is Cc1cccc(N(C)c2nc(C(C)(C)C)c(CO)s2)c1. The van der Waals surface area contributed by atoms with Crippen molar-refractivity contribution in [1.82, 2.24) is 4.98 Å². The second kappa shape index (κ2) is 5.54. The lowest BCUT2D eigenvalue weighted by atomic mass is 9.91. The minimum absolute atomic E-state index is 0.0475. The number of aryl methyl sites for hydroxylation is 1. The summed E-state index contributed by atoms with van der Waals surface area (Å²) in [5, 5.41) is 10.5. The van der Waals surface area contributed by atoms with Crippen LogP contribution < -0.4 is 4.90 Å². The van der Waals surface area contributed by atoms with Crippen LogP contribution in [0.2, 0.25) is 0 Å². The van der Waals surface area contributed by atoms with Crippen LogP contribution in [-0.2, 0) is 12.0 Å². The summed E-state index contributed by atoms with van der Waals surface area (Å²) >= 11 is 1.56. The van der Waals surface area contributed by atoms with Gasteiger partial charge in [0.15, 0.2) is 5.13 Å². The lowest BCUT2D eigenvalue weighted by Crippen LogP contribution is -2.15. The standard InChI is InChI=1S/C16H22N2OS/c1-11-7-6-8-12(9-11)18(5)15-17-14(16(2,3)4)13(10-19)20-15/h6-9,19H,10H2,1-5H3. The van der Waals surface area contributed by atoms with E-state index in [1.165, 1.54) is 5.56 Å². The Balaban J connectivity index is 2.41. The predicted octanol–water partition coefficient (Wildman–Crippen LogP) is 4.01. The summed E-state index contributed by atoms with van der Waals surface area (Å²) in [5.74, 6) is 0. The summed E-state index contributed by atoms with van der Waals surface area (Å²) in [6.07, 6.45) is 0. The number of nitrogens with zero attached hydrogens (tertiary/aromatic N) is 2. The molecule has 1 aromatic heterocycles. The van der Waals surface area contributed by atoms with Crippen LogP contribution in [0.5, 0.6) is 0 Å². The summed E-state index contributed by atoms with van der Waals surface area (Å²) in [6, 6.07) is 8.34.